The monoisotopic (exact) mass is 515 g/mol. The number of pyridine rings is 1. The third-order valence-corrected chi connectivity index (χ3v) is 7.62. The maximum Gasteiger partial charge on any atom is 0.254 e. The molecule has 37 heavy (non-hydrogen) atoms. The molecule has 6 rings (SSSR count). The van der Waals surface area contributed by atoms with E-state index < -0.39 is 0 Å². The third kappa shape index (κ3) is 5.06. The Balaban J connectivity index is 1.33. The van der Waals surface area contributed by atoms with Crippen LogP contribution in [0.3, 0.4) is 0 Å². The molecule has 3 heterocycles. The lowest BCUT2D eigenvalue weighted by Crippen LogP contribution is -2.40. The van der Waals surface area contributed by atoms with Crippen LogP contribution in [-0.2, 0) is 0 Å². The molecule has 4 aromatic rings. The highest BCUT2D eigenvalue weighted by Crippen LogP contribution is 2.37. The molecule has 2 aliphatic rings. The number of rotatable bonds is 9. The predicted octanol–water partition coefficient (Wildman–Crippen LogP) is 5.73. The summed E-state index contributed by atoms with van der Waals surface area (Å²) in [4.78, 5) is 22.6. The summed E-state index contributed by atoms with van der Waals surface area (Å²) < 4.78 is 6.27. The fourth-order valence-electron chi connectivity index (χ4n) is 4.97. The van der Waals surface area contributed by atoms with Crippen LogP contribution < -0.4 is 4.74 Å². The van der Waals surface area contributed by atoms with E-state index in [0.29, 0.717) is 10.6 Å². The second kappa shape index (κ2) is 10.1. The van der Waals surface area contributed by atoms with E-state index in [4.69, 9.17) is 16.3 Å². The van der Waals surface area contributed by atoms with E-state index in [1.807, 2.05) is 60.6 Å². The maximum absolute atomic E-state index is 13.9. The second-order valence-electron chi connectivity index (χ2n) is 10.0. The zero-order valence-corrected chi connectivity index (χ0v) is 21.6. The standard InChI is InChI=1S/C29H30ClN5O2/c1-34(26(10-13-35-11-3-12-35)25-18-31-16-21-17-32-33-28(21)25)29(36)20-6-9-24(19-4-2-5-22(30)14-19)27(15-20)37-23-7-8-23/h2,4-6,9,14-18,23,26H,3,7-8,10-13H2,1H3,(H,32,33). The van der Waals surface area contributed by atoms with Gasteiger partial charge in [-0.2, -0.15) is 5.10 Å². The molecule has 2 fully saturated rings. The summed E-state index contributed by atoms with van der Waals surface area (Å²) in [7, 11) is 1.88. The lowest BCUT2D eigenvalue weighted by atomic mass is 9.99. The van der Waals surface area contributed by atoms with Gasteiger partial charge in [0.15, 0.2) is 0 Å². The molecule has 2 aromatic heterocycles. The van der Waals surface area contributed by atoms with Crippen molar-refractivity contribution in [3.63, 3.8) is 0 Å². The van der Waals surface area contributed by atoms with Crippen LogP contribution in [0.15, 0.2) is 61.1 Å². The van der Waals surface area contributed by atoms with Crippen molar-refractivity contribution >= 4 is 28.4 Å². The summed E-state index contributed by atoms with van der Waals surface area (Å²) in [5, 5.41) is 8.94. The van der Waals surface area contributed by atoms with Crippen molar-refractivity contribution < 1.29 is 9.53 Å². The van der Waals surface area contributed by atoms with E-state index in [-0.39, 0.29) is 18.1 Å². The summed E-state index contributed by atoms with van der Waals surface area (Å²) in [6.45, 7) is 3.16. The molecule has 190 valence electrons. The molecule has 1 aliphatic heterocycles. The minimum Gasteiger partial charge on any atom is -0.490 e. The smallest absolute Gasteiger partial charge is 0.254 e. The molecule has 2 aromatic carbocycles. The van der Waals surface area contributed by atoms with Gasteiger partial charge in [-0.05, 0) is 74.7 Å². The van der Waals surface area contributed by atoms with Crippen LogP contribution in [0.25, 0.3) is 22.0 Å². The van der Waals surface area contributed by atoms with Gasteiger partial charge < -0.3 is 14.5 Å². The Morgan fingerprint density at radius 2 is 2.05 bits per heavy atom. The van der Waals surface area contributed by atoms with Crippen molar-refractivity contribution in [2.75, 3.05) is 26.7 Å². The van der Waals surface area contributed by atoms with Gasteiger partial charge in [-0.25, -0.2) is 0 Å². The van der Waals surface area contributed by atoms with Gasteiger partial charge in [-0.3, -0.25) is 14.9 Å². The first-order valence-corrected chi connectivity index (χ1v) is 13.3. The van der Waals surface area contributed by atoms with Gasteiger partial charge in [-0.15, -0.1) is 0 Å². The van der Waals surface area contributed by atoms with Gasteiger partial charge in [0.25, 0.3) is 5.91 Å². The molecule has 1 unspecified atom stereocenters. The van der Waals surface area contributed by atoms with Gasteiger partial charge >= 0.3 is 0 Å². The number of H-pyrrole nitrogens is 1. The van der Waals surface area contributed by atoms with E-state index in [9.17, 15) is 4.79 Å². The van der Waals surface area contributed by atoms with Gasteiger partial charge in [0, 0.05) is 53.1 Å². The first-order chi connectivity index (χ1) is 18.1. The van der Waals surface area contributed by atoms with Gasteiger partial charge in [0.1, 0.15) is 5.75 Å². The van der Waals surface area contributed by atoms with E-state index in [2.05, 4.69) is 20.1 Å². The van der Waals surface area contributed by atoms with Crippen molar-refractivity contribution in [1.29, 1.82) is 0 Å². The molecule has 1 saturated heterocycles. The molecule has 1 N–H and O–H groups in total. The minimum atomic E-state index is -0.148. The molecule has 0 bridgehead atoms. The molecular formula is C29H30ClN5O2. The largest absolute Gasteiger partial charge is 0.490 e. The number of amides is 1. The Morgan fingerprint density at radius 1 is 1.19 bits per heavy atom. The lowest BCUT2D eigenvalue weighted by molar-refractivity contribution is 0.0698. The number of halogens is 1. The third-order valence-electron chi connectivity index (χ3n) is 7.38. The Bertz CT molecular complexity index is 1430. The molecule has 8 heteroatoms. The van der Waals surface area contributed by atoms with Gasteiger partial charge in [-0.1, -0.05) is 23.7 Å². The average Bonchev–Trinajstić information content (AvgIpc) is 3.56. The summed E-state index contributed by atoms with van der Waals surface area (Å²) in [6, 6.07) is 13.3. The number of hydrogen-bond donors (Lipinski definition) is 1. The van der Waals surface area contributed by atoms with Gasteiger partial charge in [0.2, 0.25) is 0 Å². The molecule has 1 aliphatic carbocycles. The fourth-order valence-corrected chi connectivity index (χ4v) is 5.16. The number of likely N-dealkylation sites (tertiary alicyclic amines) is 1. The SMILES string of the molecule is CN(C(=O)c1ccc(-c2cccc(Cl)c2)c(OC2CC2)c1)C(CCN1CCC1)c1cncc2cn[nH]c12. The quantitative estimate of drug-likeness (QED) is 0.308. The predicted molar refractivity (Wildman–Crippen MR) is 145 cm³/mol. The van der Waals surface area contributed by atoms with E-state index in [0.717, 1.165) is 72.2 Å². The number of aromatic nitrogens is 3. The summed E-state index contributed by atoms with van der Waals surface area (Å²) in [5.74, 6) is 0.668. The van der Waals surface area contributed by atoms with E-state index in [1.54, 1.807) is 12.4 Å². The Morgan fingerprint density at radius 3 is 2.81 bits per heavy atom. The number of carbonyl (C=O) groups excluding carboxylic acids is 1. The summed E-state index contributed by atoms with van der Waals surface area (Å²) >= 11 is 6.26. The number of fused-ring (bicyclic) bond motifs is 1. The first kappa shape index (κ1) is 23.9. The molecule has 0 radical (unpaired) electrons. The number of ether oxygens (including phenoxy) is 1. The number of nitrogens with one attached hydrogen (secondary N) is 1. The second-order valence-corrected chi connectivity index (χ2v) is 10.5. The summed E-state index contributed by atoms with van der Waals surface area (Å²) in [6.07, 6.45) is 9.75. The summed E-state index contributed by atoms with van der Waals surface area (Å²) in [5.41, 5.74) is 4.42. The molecule has 1 saturated carbocycles. The zero-order chi connectivity index (χ0) is 25.4. The first-order valence-electron chi connectivity index (χ1n) is 12.9. The maximum atomic E-state index is 13.9. The van der Waals surface area contributed by atoms with Crippen LogP contribution in [0, 0.1) is 0 Å². The number of hydrogen-bond acceptors (Lipinski definition) is 5. The Kier molecular flexibility index (Phi) is 6.57. The van der Waals surface area contributed by atoms with Crippen molar-refractivity contribution in [2.45, 2.75) is 37.8 Å². The number of benzene rings is 2. The number of nitrogens with zero attached hydrogens (tertiary/aromatic N) is 4. The van der Waals surface area contributed by atoms with Crippen molar-refractivity contribution in [3.8, 4) is 16.9 Å². The highest BCUT2D eigenvalue weighted by molar-refractivity contribution is 6.30. The normalized spacial score (nSPS) is 16.4. The molecule has 1 atom stereocenters. The van der Waals surface area contributed by atoms with Gasteiger partial charge in [0.05, 0.1) is 23.9 Å². The van der Waals surface area contributed by atoms with Crippen LogP contribution >= 0.6 is 11.6 Å². The Labute approximate surface area is 221 Å². The van der Waals surface area contributed by atoms with Crippen molar-refractivity contribution in [2.24, 2.45) is 0 Å². The topological polar surface area (TPSA) is 74.3 Å². The molecule has 0 spiro atoms. The van der Waals surface area contributed by atoms with Crippen LogP contribution in [0.1, 0.15) is 47.6 Å². The van der Waals surface area contributed by atoms with Crippen LogP contribution in [0.5, 0.6) is 5.75 Å². The van der Waals surface area contributed by atoms with E-state index in [1.165, 1.54) is 6.42 Å². The highest BCUT2D eigenvalue weighted by Gasteiger charge is 2.29. The number of aromatic amines is 1. The Hall–Kier alpha value is -3.42. The molecule has 7 nitrogen and oxygen atoms in total. The van der Waals surface area contributed by atoms with Crippen LogP contribution in [0.4, 0.5) is 0 Å². The van der Waals surface area contributed by atoms with E-state index >= 15 is 0 Å². The molecular weight excluding hydrogens is 486 g/mol. The fraction of sp³-hybridized carbons (Fsp3) is 0.345. The average molecular weight is 516 g/mol. The van der Waals surface area contributed by atoms with Crippen molar-refractivity contribution in [1.82, 2.24) is 25.0 Å². The highest BCUT2D eigenvalue weighted by atomic mass is 35.5. The lowest BCUT2D eigenvalue weighted by Gasteiger charge is -2.35. The van der Waals surface area contributed by atoms with Crippen LogP contribution in [-0.4, -0.2) is 63.7 Å². The van der Waals surface area contributed by atoms with Crippen LogP contribution in [0.2, 0.25) is 5.02 Å². The minimum absolute atomic E-state index is 0.0524. The number of carbonyl (C=O) groups is 1. The van der Waals surface area contributed by atoms with Crippen molar-refractivity contribution in [3.05, 3.63) is 77.2 Å². The molecule has 1 amide bonds. The zero-order valence-electron chi connectivity index (χ0n) is 20.9.